The molecule has 2 nitrogen and oxygen atoms in total. The van der Waals surface area contributed by atoms with Crippen molar-refractivity contribution in [3.05, 3.63) is 29.8 Å². The van der Waals surface area contributed by atoms with Crippen molar-refractivity contribution in [3.8, 4) is 0 Å². The highest BCUT2D eigenvalue weighted by Crippen LogP contribution is 2.39. The van der Waals surface area contributed by atoms with Crippen LogP contribution >= 0.6 is 0 Å². The number of para-hydroxylation sites is 1. The molecule has 2 heteroatoms. The molecule has 0 unspecified atom stereocenters. The smallest absolute Gasteiger partial charge is 0.0414 e. The molecule has 3 rings (SSSR count). The molecular formula is C16H24N2. The van der Waals surface area contributed by atoms with Gasteiger partial charge in [-0.25, -0.2) is 0 Å². The minimum atomic E-state index is 0.776. The Hall–Kier alpha value is -1.02. The Morgan fingerprint density at radius 2 is 2.00 bits per heavy atom. The second-order valence-electron chi connectivity index (χ2n) is 6.13. The molecule has 98 valence electrons. The lowest BCUT2D eigenvalue weighted by molar-refractivity contribution is 0.190. The highest BCUT2D eigenvalue weighted by atomic mass is 15.2. The summed E-state index contributed by atoms with van der Waals surface area (Å²) in [6.07, 6.45) is 2.76. The number of nitrogens with one attached hydrogen (secondary N) is 1. The van der Waals surface area contributed by atoms with Crippen LogP contribution in [0.15, 0.2) is 24.3 Å². The maximum absolute atomic E-state index is 3.53. The van der Waals surface area contributed by atoms with Gasteiger partial charge >= 0.3 is 0 Å². The Morgan fingerprint density at radius 1 is 1.22 bits per heavy atom. The van der Waals surface area contributed by atoms with E-state index in [1.54, 1.807) is 0 Å². The van der Waals surface area contributed by atoms with Gasteiger partial charge in [-0.05, 0) is 36.3 Å². The molecule has 1 aliphatic carbocycles. The van der Waals surface area contributed by atoms with Gasteiger partial charge in [-0.15, -0.1) is 0 Å². The summed E-state index contributed by atoms with van der Waals surface area (Å²) >= 11 is 0. The van der Waals surface area contributed by atoms with Crippen molar-refractivity contribution in [2.75, 3.05) is 18.0 Å². The minimum Gasteiger partial charge on any atom is -0.367 e. The summed E-state index contributed by atoms with van der Waals surface area (Å²) in [6.45, 7) is 8.01. The number of anilines is 1. The molecule has 1 heterocycles. The fraction of sp³-hybridized carbons (Fsp3) is 0.625. The Bertz CT molecular complexity index is 407. The molecule has 0 radical (unpaired) electrons. The second-order valence-corrected chi connectivity index (χ2v) is 6.13. The summed E-state index contributed by atoms with van der Waals surface area (Å²) in [5.41, 5.74) is 2.93. The molecule has 0 spiro atoms. The van der Waals surface area contributed by atoms with Crippen LogP contribution in [0.4, 0.5) is 5.69 Å². The van der Waals surface area contributed by atoms with Gasteiger partial charge in [0.15, 0.2) is 0 Å². The molecular weight excluding hydrogens is 220 g/mol. The van der Waals surface area contributed by atoms with Gasteiger partial charge in [0.05, 0.1) is 0 Å². The van der Waals surface area contributed by atoms with Gasteiger partial charge in [0.1, 0.15) is 0 Å². The normalized spacial score (nSPS) is 27.6. The largest absolute Gasteiger partial charge is 0.367 e. The van der Waals surface area contributed by atoms with Crippen molar-refractivity contribution in [2.45, 2.75) is 39.3 Å². The number of nitrogens with zero attached hydrogens (tertiary/aromatic N) is 1. The van der Waals surface area contributed by atoms with Crippen molar-refractivity contribution in [3.63, 3.8) is 0 Å². The van der Waals surface area contributed by atoms with Gasteiger partial charge in [0.2, 0.25) is 0 Å². The van der Waals surface area contributed by atoms with Gasteiger partial charge in [-0.1, -0.05) is 32.0 Å². The zero-order chi connectivity index (χ0) is 12.5. The van der Waals surface area contributed by atoms with Crippen LogP contribution in [-0.2, 0) is 6.54 Å². The zero-order valence-corrected chi connectivity index (χ0v) is 11.5. The molecule has 1 N–H and O–H groups in total. The molecule has 0 aromatic heterocycles. The maximum Gasteiger partial charge on any atom is 0.0414 e. The summed E-state index contributed by atoms with van der Waals surface area (Å²) in [4.78, 5) is 2.65. The van der Waals surface area contributed by atoms with E-state index in [9.17, 15) is 0 Å². The number of hydrogen-bond donors (Lipinski definition) is 1. The average molecular weight is 244 g/mol. The van der Waals surface area contributed by atoms with E-state index in [0.717, 1.165) is 37.5 Å². The molecule has 0 bridgehead atoms. The van der Waals surface area contributed by atoms with Crippen LogP contribution in [0.5, 0.6) is 0 Å². The van der Waals surface area contributed by atoms with E-state index in [-0.39, 0.29) is 0 Å². The lowest BCUT2D eigenvalue weighted by Gasteiger charge is -2.46. The molecule has 1 fully saturated rings. The molecule has 1 aromatic carbocycles. The van der Waals surface area contributed by atoms with E-state index in [2.05, 4.69) is 48.3 Å². The van der Waals surface area contributed by atoms with Crippen molar-refractivity contribution >= 4 is 5.69 Å². The van der Waals surface area contributed by atoms with Crippen LogP contribution in [0.1, 0.15) is 32.3 Å². The van der Waals surface area contributed by atoms with E-state index in [1.807, 2.05) is 0 Å². The van der Waals surface area contributed by atoms with Gasteiger partial charge in [0.25, 0.3) is 0 Å². The third kappa shape index (κ3) is 2.14. The molecule has 18 heavy (non-hydrogen) atoms. The summed E-state index contributed by atoms with van der Waals surface area (Å²) in [5.74, 6) is 1.79. The fourth-order valence-electron chi connectivity index (χ4n) is 3.29. The summed E-state index contributed by atoms with van der Waals surface area (Å²) in [6, 6.07) is 9.67. The quantitative estimate of drug-likeness (QED) is 0.860. The molecule has 2 aliphatic rings. The van der Waals surface area contributed by atoms with E-state index in [1.165, 1.54) is 24.1 Å². The third-order valence-corrected chi connectivity index (χ3v) is 4.68. The van der Waals surface area contributed by atoms with E-state index < -0.39 is 0 Å². The first kappa shape index (κ1) is 12.0. The molecule has 1 saturated carbocycles. The van der Waals surface area contributed by atoms with Crippen molar-refractivity contribution in [1.29, 1.82) is 0 Å². The van der Waals surface area contributed by atoms with Gasteiger partial charge < -0.3 is 10.2 Å². The van der Waals surface area contributed by atoms with Crippen molar-refractivity contribution in [2.24, 2.45) is 11.8 Å². The van der Waals surface area contributed by atoms with Crippen LogP contribution in [-0.4, -0.2) is 19.1 Å². The van der Waals surface area contributed by atoms with Crippen LogP contribution in [0.2, 0.25) is 0 Å². The van der Waals surface area contributed by atoms with Gasteiger partial charge in [0, 0.05) is 31.4 Å². The van der Waals surface area contributed by atoms with Crippen LogP contribution in [0, 0.1) is 11.8 Å². The standard InChI is InChI=1S/C16H24N2/c1-12(2)14-9-15(10-14)18-8-7-17-11-13-5-3-4-6-16(13)18/h3-6,12,14-15,17H,7-11H2,1-2H3. The SMILES string of the molecule is CC(C)C1CC(N2CCNCc3ccccc32)C1. The molecule has 1 aliphatic heterocycles. The summed E-state index contributed by atoms with van der Waals surface area (Å²) in [7, 11) is 0. The average Bonchev–Trinajstić information content (AvgIpc) is 2.50. The minimum absolute atomic E-state index is 0.776. The Labute approximate surface area is 110 Å². The predicted octanol–water partition coefficient (Wildman–Crippen LogP) is 3.03. The number of fused-ring (bicyclic) bond motifs is 1. The molecule has 0 atom stereocenters. The molecule has 0 saturated heterocycles. The summed E-state index contributed by atoms with van der Waals surface area (Å²) in [5, 5.41) is 3.53. The predicted molar refractivity (Wildman–Crippen MR) is 76.8 cm³/mol. The van der Waals surface area contributed by atoms with Gasteiger partial charge in [-0.2, -0.15) is 0 Å². The van der Waals surface area contributed by atoms with E-state index >= 15 is 0 Å². The van der Waals surface area contributed by atoms with E-state index in [0.29, 0.717) is 0 Å². The third-order valence-electron chi connectivity index (χ3n) is 4.68. The first-order chi connectivity index (χ1) is 8.75. The topological polar surface area (TPSA) is 15.3 Å². The van der Waals surface area contributed by atoms with E-state index in [4.69, 9.17) is 0 Å². The van der Waals surface area contributed by atoms with Crippen LogP contribution in [0.25, 0.3) is 0 Å². The Morgan fingerprint density at radius 3 is 2.78 bits per heavy atom. The first-order valence-corrected chi connectivity index (χ1v) is 7.31. The first-order valence-electron chi connectivity index (χ1n) is 7.31. The van der Waals surface area contributed by atoms with Gasteiger partial charge in [-0.3, -0.25) is 0 Å². The molecule has 0 amide bonds. The van der Waals surface area contributed by atoms with Crippen molar-refractivity contribution < 1.29 is 0 Å². The Kier molecular flexibility index (Phi) is 3.29. The number of rotatable bonds is 2. The highest BCUT2D eigenvalue weighted by molar-refractivity contribution is 5.55. The monoisotopic (exact) mass is 244 g/mol. The second kappa shape index (κ2) is 4.93. The zero-order valence-electron chi connectivity index (χ0n) is 11.5. The lowest BCUT2D eigenvalue weighted by Crippen LogP contribution is -2.47. The number of benzene rings is 1. The van der Waals surface area contributed by atoms with Crippen LogP contribution < -0.4 is 10.2 Å². The highest BCUT2D eigenvalue weighted by Gasteiger charge is 2.36. The molecule has 1 aromatic rings. The fourth-order valence-corrected chi connectivity index (χ4v) is 3.29. The Balaban J connectivity index is 1.77. The summed E-state index contributed by atoms with van der Waals surface area (Å²) < 4.78 is 0. The van der Waals surface area contributed by atoms with Crippen LogP contribution in [0.3, 0.4) is 0 Å². The van der Waals surface area contributed by atoms with Crippen molar-refractivity contribution in [1.82, 2.24) is 5.32 Å². The lowest BCUT2D eigenvalue weighted by atomic mass is 9.73. The number of hydrogen-bond acceptors (Lipinski definition) is 2. The maximum atomic E-state index is 3.53.